The highest BCUT2D eigenvalue weighted by molar-refractivity contribution is 8.76. The van der Waals surface area contributed by atoms with E-state index in [4.69, 9.17) is 31.7 Å². The second-order valence-corrected chi connectivity index (χ2v) is 33.8. The molecule has 0 saturated carbocycles. The van der Waals surface area contributed by atoms with Crippen LogP contribution in [0, 0.1) is 0 Å². The van der Waals surface area contributed by atoms with Crippen molar-refractivity contribution in [2.24, 2.45) is 17.2 Å². The van der Waals surface area contributed by atoms with E-state index in [0.29, 0.717) is 50.9 Å². The highest BCUT2D eigenvalue weighted by atomic mass is 33.1. The molecule has 3 unspecified atom stereocenters. The van der Waals surface area contributed by atoms with E-state index in [0.717, 1.165) is 51.3 Å². The van der Waals surface area contributed by atoms with E-state index in [9.17, 15) is 87.9 Å². The highest BCUT2D eigenvalue weighted by Gasteiger charge is 2.52. The van der Waals surface area contributed by atoms with Crippen molar-refractivity contribution in [1.82, 2.24) is 77.9 Å². The van der Waals surface area contributed by atoms with Crippen molar-refractivity contribution in [1.29, 1.82) is 0 Å². The standard InChI is InChI=1S/C86H108N18O22S2/c1-5-7-21-58(94-78(117)63(40-105)91-68(110)39-103(31-16-30-88)85(124)126-86(6-2)55-36-67-71-51(34-49-19-11-13-22-56(49)92-71)38-104(67)83(122)54(55)42-125-84(86)123)73(112)95-61(33-48-25-27-52(109)28-26-48)76(115)98-64(41-106)79(118)99-65-43-127-128-44-66(81(120)101-69(45(3)107)72(89)111)100-82(121)70(46(4)108)102-74(113)59(24-15-29-87)93-77(116)62(35-50-37-90-57-23-14-12-20-53(50)57)97-75(114)60(96-80(65)119)32-47-17-9-8-10-18-47/h8-14,17-20,22-23,25-28,34,36-37,45-46,58-66,69-70,90,105-109H,5-7,15-16,21,24,29-33,35,38-44,87-88H2,1-4H3,(H2,89,111)(H,91,110)(H,93,116)(H,94,117)(H,95,112)(H,96,119)(H,97,114)(H,98,115)(H,99,118)(H,100,121)(H,101,120)(H,102,113)/t45-,46-,58+,59+,60?,61-,62-,63-,64-,65?,66-,69+,70?,86+/m1/s1. The molecule has 3 aromatic heterocycles. The predicted molar refractivity (Wildman–Crippen MR) is 469 cm³/mol. The van der Waals surface area contributed by atoms with Crippen molar-refractivity contribution < 1.29 is 102 Å². The van der Waals surface area contributed by atoms with E-state index >= 15 is 9.59 Å². The highest BCUT2D eigenvalue weighted by Crippen LogP contribution is 2.42. The molecule has 4 aromatic carbocycles. The number of pyridine rings is 2. The molecule has 7 aromatic rings. The van der Waals surface area contributed by atoms with Crippen molar-refractivity contribution in [3.8, 4) is 17.1 Å². The van der Waals surface area contributed by atoms with Crippen LogP contribution in [0.1, 0.15) is 106 Å². The second kappa shape index (κ2) is 45.7. The number of amides is 13. The molecule has 6 heterocycles. The van der Waals surface area contributed by atoms with Gasteiger partial charge in [0.15, 0.2) is 0 Å². The van der Waals surface area contributed by atoms with Crippen molar-refractivity contribution in [3.05, 3.63) is 165 Å². The van der Waals surface area contributed by atoms with Crippen LogP contribution in [0.15, 0.2) is 126 Å². The number of unbranched alkanes of at least 4 members (excludes halogenated alkanes) is 1. The summed E-state index contributed by atoms with van der Waals surface area (Å²) in [5.41, 5.74) is 18.8. The molecular weight excluding hydrogens is 1700 g/mol. The summed E-state index contributed by atoms with van der Waals surface area (Å²) in [5.74, 6) is -15.4. The van der Waals surface area contributed by atoms with E-state index in [1.165, 1.54) is 35.8 Å². The number of primary amides is 1. The number of phenols is 1. The molecule has 0 aliphatic carbocycles. The third kappa shape index (κ3) is 24.8. The fourth-order valence-corrected chi connectivity index (χ4v) is 17.2. The molecule has 10 rings (SSSR count). The fraction of sp³-hybridized carbons (Fsp3) is 0.442. The van der Waals surface area contributed by atoms with Crippen LogP contribution in [0.4, 0.5) is 4.79 Å². The number of cyclic esters (lactones) is 1. The topological polar surface area (TPSA) is 623 Å². The van der Waals surface area contributed by atoms with Crippen molar-refractivity contribution in [3.63, 3.8) is 0 Å². The minimum absolute atomic E-state index is 0.00353. The van der Waals surface area contributed by atoms with Gasteiger partial charge >= 0.3 is 12.1 Å². The van der Waals surface area contributed by atoms with E-state index in [1.54, 1.807) is 73.8 Å². The average molecular weight is 1810 g/mol. The Morgan fingerprint density at radius 3 is 1.98 bits per heavy atom. The summed E-state index contributed by atoms with van der Waals surface area (Å²) in [6.45, 7) is 1.88. The SMILES string of the molecule is CCCC[C@H](NC(=O)[C@@H](CO)NC(=O)CN(CCCN)C(=O)O[C@]1(CC)C(=O)OCc2c1cc1n(c2=O)Cc2cc3ccccc3nc2-1)C(=O)N[C@H](Cc1ccc(O)cc1)C(=O)N[C@H](CO)C(=O)NC1CSSC[C@H](C(=O)N[C@H](C(N)=O)[C@@H](C)O)NC(=O)C([C@@H](C)O)NC(=O)[C@H](CCCN)NC(=O)[C@@H](Cc2c[nH]c3ccccc23)NC(=O)C(Cc2ccccc2)NC1=O. The van der Waals surface area contributed by atoms with Crippen LogP contribution in [0.25, 0.3) is 33.2 Å². The van der Waals surface area contributed by atoms with Gasteiger partial charge in [-0.1, -0.05) is 127 Å². The molecule has 0 bridgehead atoms. The van der Waals surface area contributed by atoms with Crippen LogP contribution in [-0.4, -0.2) is 257 Å². The Balaban J connectivity index is 0.893. The zero-order valence-corrected chi connectivity index (χ0v) is 72.4. The van der Waals surface area contributed by atoms with Crippen LogP contribution < -0.4 is 81.2 Å². The number of hydrogen-bond acceptors (Lipinski definition) is 27. The van der Waals surface area contributed by atoms with Crippen molar-refractivity contribution in [2.75, 3.05) is 50.9 Å². The predicted octanol–water partition coefficient (Wildman–Crippen LogP) is -2.32. The summed E-state index contributed by atoms with van der Waals surface area (Å²) in [6, 6.07) is 12.5. The molecule has 3 aliphatic rings. The van der Waals surface area contributed by atoms with E-state index in [2.05, 4.69) is 63.5 Å². The number of aliphatic hydroxyl groups is 4. The summed E-state index contributed by atoms with van der Waals surface area (Å²) < 4.78 is 13.1. The zero-order valence-electron chi connectivity index (χ0n) is 70.8. The molecule has 42 heteroatoms. The molecule has 1 fully saturated rings. The number of aliphatic hydroxyl groups excluding tert-OH is 4. The van der Waals surface area contributed by atoms with Crippen LogP contribution in [0.3, 0.4) is 0 Å². The Morgan fingerprint density at radius 1 is 0.672 bits per heavy atom. The minimum atomic E-state index is -2.22. The van der Waals surface area contributed by atoms with Gasteiger partial charge in [-0.2, -0.15) is 0 Å². The lowest BCUT2D eigenvalue weighted by Gasteiger charge is -2.37. The fourth-order valence-electron chi connectivity index (χ4n) is 14.9. The van der Waals surface area contributed by atoms with Crippen LogP contribution in [0.2, 0.25) is 0 Å². The van der Waals surface area contributed by atoms with Gasteiger partial charge in [-0.25, -0.2) is 14.6 Å². The lowest BCUT2D eigenvalue weighted by molar-refractivity contribution is -0.173. The van der Waals surface area contributed by atoms with E-state index in [1.807, 2.05) is 30.3 Å². The summed E-state index contributed by atoms with van der Waals surface area (Å²) in [6.07, 6.45) is -3.54. The van der Waals surface area contributed by atoms with E-state index < -0.39 is 217 Å². The average Bonchev–Trinajstić information content (AvgIpc) is 1.48. The van der Waals surface area contributed by atoms with Gasteiger partial charge in [0, 0.05) is 70.9 Å². The molecule has 40 nitrogen and oxygen atoms in total. The number of hydrogen-bond donors (Lipinski definition) is 20. The minimum Gasteiger partial charge on any atom is -0.508 e. The number of fused-ring (bicyclic) bond motifs is 6. The molecule has 0 spiro atoms. The van der Waals surface area contributed by atoms with Gasteiger partial charge in [-0.05, 0) is 112 Å². The van der Waals surface area contributed by atoms with Crippen molar-refractivity contribution in [2.45, 2.75) is 189 Å². The number of nitrogens with two attached hydrogens (primary N) is 3. The molecule has 3 aliphatic heterocycles. The number of esters is 1. The maximum atomic E-state index is 15.3. The Hall–Kier alpha value is -12.6. The third-order valence-corrected chi connectivity index (χ3v) is 24.4. The number of nitrogens with zero attached hydrogens (tertiary/aromatic N) is 3. The smallest absolute Gasteiger partial charge is 0.411 e. The number of aromatic nitrogens is 3. The Bertz CT molecular complexity index is 5280. The lowest BCUT2D eigenvalue weighted by Crippen LogP contribution is -2.63. The maximum Gasteiger partial charge on any atom is 0.411 e. The van der Waals surface area contributed by atoms with Gasteiger partial charge in [-0.3, -0.25) is 67.2 Å². The number of aromatic hydroxyl groups is 1. The summed E-state index contributed by atoms with van der Waals surface area (Å²) in [5, 5.41) is 82.9. The molecule has 686 valence electrons. The normalized spacial score (nSPS) is 20.3. The number of benzene rings is 4. The van der Waals surface area contributed by atoms with Gasteiger partial charge in [0.05, 0.1) is 54.4 Å². The number of ether oxygens (including phenoxy) is 2. The number of rotatable bonds is 35. The number of para-hydroxylation sites is 2. The summed E-state index contributed by atoms with van der Waals surface area (Å²) >= 11 is 0. The molecule has 1 saturated heterocycles. The largest absolute Gasteiger partial charge is 0.508 e. The Kier molecular flexibility index (Phi) is 34.9. The van der Waals surface area contributed by atoms with Gasteiger partial charge in [0.2, 0.25) is 76.5 Å². The zero-order chi connectivity index (χ0) is 92.6. The molecule has 13 amide bonds. The van der Waals surface area contributed by atoms with Gasteiger partial charge in [-0.15, -0.1) is 0 Å². The first-order chi connectivity index (χ1) is 61.3. The van der Waals surface area contributed by atoms with Crippen LogP contribution in [-0.2, 0) is 110 Å². The third-order valence-electron chi connectivity index (χ3n) is 22.0. The maximum absolute atomic E-state index is 15.3. The Labute approximate surface area is 742 Å². The first-order valence-corrected chi connectivity index (χ1v) is 44.3. The summed E-state index contributed by atoms with van der Waals surface area (Å²) in [7, 11) is 1.54. The number of H-pyrrole nitrogens is 1. The van der Waals surface area contributed by atoms with Gasteiger partial charge in [0.25, 0.3) is 5.56 Å². The number of aromatic amines is 1. The number of phenolic OH excluding ortho intramolecular Hbond substituents is 1. The van der Waals surface area contributed by atoms with Crippen LogP contribution in [0.5, 0.6) is 5.75 Å². The molecule has 23 N–H and O–H groups in total. The summed E-state index contributed by atoms with van der Waals surface area (Å²) in [4.78, 5) is 226. The quantitative estimate of drug-likeness (QED) is 0.0146. The van der Waals surface area contributed by atoms with Gasteiger partial charge in [0.1, 0.15) is 85.4 Å². The lowest BCUT2D eigenvalue weighted by atomic mass is 9.85. The number of carbonyl (C=O) groups is 14. The Morgan fingerprint density at radius 2 is 1.30 bits per heavy atom. The number of nitrogens with one attached hydrogen (secondary N) is 12. The van der Waals surface area contributed by atoms with E-state index in [-0.39, 0.29) is 94.4 Å². The molecule has 128 heavy (non-hydrogen) atoms. The second-order valence-electron chi connectivity index (χ2n) is 31.3. The van der Waals surface area contributed by atoms with Crippen molar-refractivity contribution >= 4 is 126 Å². The van der Waals surface area contributed by atoms with Crippen LogP contribution >= 0.6 is 21.6 Å². The molecule has 0 radical (unpaired) electrons. The first-order valence-electron chi connectivity index (χ1n) is 41.9. The monoisotopic (exact) mass is 1810 g/mol. The molecular formula is C86H108N18O22S2. The molecule has 14 atom stereocenters. The van der Waals surface area contributed by atoms with Gasteiger partial charge < -0.3 is 120 Å². The first kappa shape index (κ1) is 97.6. The number of carbonyl (C=O) groups excluding carboxylic acids is 14.